The van der Waals surface area contributed by atoms with Crippen molar-refractivity contribution in [2.75, 3.05) is 34.3 Å². The van der Waals surface area contributed by atoms with E-state index >= 15 is 0 Å². The number of hydrogen-bond donors (Lipinski definition) is 1. The normalized spacial score (nSPS) is 17.5. The van der Waals surface area contributed by atoms with Crippen LogP contribution in [0, 0.1) is 12.8 Å². The van der Waals surface area contributed by atoms with Gasteiger partial charge in [-0.05, 0) is 55.2 Å². The summed E-state index contributed by atoms with van der Waals surface area (Å²) >= 11 is 0. The maximum atomic E-state index is 13.3. The lowest BCUT2D eigenvalue weighted by Gasteiger charge is -2.31. The number of benzene rings is 2. The molecule has 9 nitrogen and oxygen atoms in total. The minimum absolute atomic E-state index is 0.0886. The summed E-state index contributed by atoms with van der Waals surface area (Å²) in [5.74, 6) is -0.439. The van der Waals surface area contributed by atoms with Crippen LogP contribution in [-0.4, -0.2) is 65.6 Å². The molecule has 34 heavy (non-hydrogen) atoms. The number of piperidine rings is 1. The van der Waals surface area contributed by atoms with Crippen molar-refractivity contribution >= 4 is 26.0 Å². The Kier molecular flexibility index (Phi) is 8.02. The lowest BCUT2D eigenvalue weighted by atomic mass is 9.99. The van der Waals surface area contributed by atoms with E-state index in [0.717, 1.165) is 15.4 Å². The first kappa shape index (κ1) is 26.1. The van der Waals surface area contributed by atoms with Gasteiger partial charge in [-0.25, -0.2) is 21.1 Å². The first-order valence-corrected chi connectivity index (χ1v) is 13.8. The van der Waals surface area contributed by atoms with Crippen molar-refractivity contribution in [3.63, 3.8) is 0 Å². The van der Waals surface area contributed by atoms with Crippen molar-refractivity contribution in [1.29, 1.82) is 0 Å². The molecule has 1 N–H and O–H groups in total. The van der Waals surface area contributed by atoms with Crippen LogP contribution in [0.4, 0.5) is 0 Å². The van der Waals surface area contributed by atoms with Gasteiger partial charge in [-0.1, -0.05) is 18.2 Å². The summed E-state index contributed by atoms with van der Waals surface area (Å²) in [5.41, 5.74) is 1.55. The van der Waals surface area contributed by atoms with E-state index in [1.807, 2.05) is 6.92 Å². The molecular weight excluding hydrogens is 478 g/mol. The zero-order chi connectivity index (χ0) is 25.1. The Hall–Kier alpha value is -2.47. The molecule has 1 atom stereocenters. The first-order chi connectivity index (χ1) is 16.0. The number of sulfonamides is 2. The number of carbonyl (C=O) groups excluding carboxylic acids is 1. The molecule has 11 heteroatoms. The van der Waals surface area contributed by atoms with Gasteiger partial charge in [0.2, 0.25) is 26.0 Å². The maximum Gasteiger partial charge on any atom is 0.246 e. The second-order valence-electron chi connectivity index (χ2n) is 8.51. The smallest absolute Gasteiger partial charge is 0.246 e. The van der Waals surface area contributed by atoms with Gasteiger partial charge in [-0.3, -0.25) is 4.79 Å². The lowest BCUT2D eigenvalue weighted by Crippen LogP contribution is -2.45. The largest absolute Gasteiger partial charge is 0.495 e. The van der Waals surface area contributed by atoms with Gasteiger partial charge in [-0.15, -0.1) is 0 Å². The number of hydrogen-bond acceptors (Lipinski definition) is 6. The molecule has 2 aromatic carbocycles. The Morgan fingerprint density at radius 2 is 1.79 bits per heavy atom. The average molecular weight is 510 g/mol. The van der Waals surface area contributed by atoms with Crippen LogP contribution in [0.1, 0.15) is 24.0 Å². The maximum absolute atomic E-state index is 13.3. The number of methoxy groups -OCH3 is 1. The minimum atomic E-state index is -3.82. The number of rotatable bonds is 8. The molecule has 1 fully saturated rings. The van der Waals surface area contributed by atoms with Gasteiger partial charge < -0.3 is 10.1 Å². The van der Waals surface area contributed by atoms with E-state index in [1.54, 1.807) is 30.3 Å². The second-order valence-corrected chi connectivity index (χ2v) is 12.6. The zero-order valence-corrected chi connectivity index (χ0v) is 21.4. The van der Waals surface area contributed by atoms with Crippen molar-refractivity contribution in [2.24, 2.45) is 5.92 Å². The van der Waals surface area contributed by atoms with Crippen LogP contribution in [0.15, 0.2) is 52.3 Å². The molecule has 1 aliphatic heterocycles. The van der Waals surface area contributed by atoms with Gasteiger partial charge >= 0.3 is 0 Å². The lowest BCUT2D eigenvalue weighted by molar-refractivity contribution is -0.126. The third-order valence-electron chi connectivity index (χ3n) is 5.86. The van der Waals surface area contributed by atoms with Gasteiger partial charge in [0.05, 0.1) is 17.9 Å². The number of amides is 1. The van der Waals surface area contributed by atoms with Crippen molar-refractivity contribution in [3.8, 4) is 5.75 Å². The molecule has 0 saturated carbocycles. The summed E-state index contributed by atoms with van der Waals surface area (Å²) in [6, 6.07) is 11.3. The highest BCUT2D eigenvalue weighted by atomic mass is 32.2. The highest BCUT2D eigenvalue weighted by molar-refractivity contribution is 7.89. The summed E-state index contributed by atoms with van der Waals surface area (Å²) in [7, 11) is -2.98. The van der Waals surface area contributed by atoms with Crippen LogP contribution >= 0.6 is 0 Å². The molecule has 186 valence electrons. The Bertz CT molecular complexity index is 1240. The number of nitrogens with one attached hydrogen (secondary N) is 1. The van der Waals surface area contributed by atoms with Gasteiger partial charge in [-0.2, -0.15) is 4.31 Å². The Morgan fingerprint density at radius 1 is 1.12 bits per heavy atom. The van der Waals surface area contributed by atoms with Crippen LogP contribution in [0.3, 0.4) is 0 Å². The molecule has 0 aromatic heterocycles. The summed E-state index contributed by atoms with van der Waals surface area (Å²) in [6.45, 7) is 2.46. The number of aryl methyl sites for hydroxylation is 1. The highest BCUT2D eigenvalue weighted by Gasteiger charge is 2.34. The molecule has 3 rings (SSSR count). The van der Waals surface area contributed by atoms with Crippen molar-refractivity contribution < 1.29 is 26.4 Å². The van der Waals surface area contributed by atoms with E-state index in [4.69, 9.17) is 4.74 Å². The SMILES string of the molecule is COc1ccc(C)cc1S(=O)(=O)N1CCC[C@@H](C(=O)NCc2ccc(S(=O)(=O)N(C)C)cc2)C1. The summed E-state index contributed by atoms with van der Waals surface area (Å²) in [5, 5.41) is 2.85. The van der Waals surface area contributed by atoms with Gasteiger partial charge in [0.1, 0.15) is 10.6 Å². The van der Waals surface area contributed by atoms with Gasteiger partial charge in [0.25, 0.3) is 0 Å². The number of carbonyl (C=O) groups is 1. The topological polar surface area (TPSA) is 113 Å². The third-order valence-corrected chi connectivity index (χ3v) is 9.58. The van der Waals surface area contributed by atoms with Crippen molar-refractivity contribution in [3.05, 3.63) is 53.6 Å². The van der Waals surface area contributed by atoms with E-state index in [-0.39, 0.29) is 34.5 Å². The van der Waals surface area contributed by atoms with Crippen LogP contribution in [-0.2, 0) is 31.4 Å². The molecule has 1 heterocycles. The predicted octanol–water partition coefficient (Wildman–Crippen LogP) is 1.97. The monoisotopic (exact) mass is 509 g/mol. The Labute approximate surface area is 201 Å². The minimum Gasteiger partial charge on any atom is -0.495 e. The average Bonchev–Trinajstić information content (AvgIpc) is 2.82. The number of ether oxygens (including phenoxy) is 1. The van der Waals surface area contributed by atoms with E-state index < -0.39 is 26.0 Å². The van der Waals surface area contributed by atoms with Crippen LogP contribution in [0.5, 0.6) is 5.75 Å². The highest BCUT2D eigenvalue weighted by Crippen LogP contribution is 2.30. The Morgan fingerprint density at radius 3 is 2.41 bits per heavy atom. The fraction of sp³-hybridized carbons (Fsp3) is 0.435. The molecule has 0 spiro atoms. The van der Waals surface area contributed by atoms with Gasteiger partial charge in [0.15, 0.2) is 0 Å². The fourth-order valence-electron chi connectivity index (χ4n) is 3.82. The van der Waals surface area contributed by atoms with Crippen LogP contribution < -0.4 is 10.1 Å². The van der Waals surface area contributed by atoms with Crippen molar-refractivity contribution in [2.45, 2.75) is 36.1 Å². The molecule has 0 bridgehead atoms. The molecule has 0 radical (unpaired) electrons. The summed E-state index contributed by atoms with van der Waals surface area (Å²) in [6.07, 6.45) is 1.16. The van der Waals surface area contributed by atoms with E-state index in [0.29, 0.717) is 19.4 Å². The van der Waals surface area contributed by atoms with E-state index in [1.165, 1.54) is 37.6 Å². The molecule has 1 aliphatic rings. The predicted molar refractivity (Wildman–Crippen MR) is 128 cm³/mol. The van der Waals surface area contributed by atoms with E-state index in [9.17, 15) is 21.6 Å². The molecular formula is C23H31N3O6S2. The molecule has 0 unspecified atom stereocenters. The van der Waals surface area contributed by atoms with Crippen LogP contribution in [0.2, 0.25) is 0 Å². The quantitative estimate of drug-likeness (QED) is 0.582. The number of nitrogens with zero attached hydrogens (tertiary/aromatic N) is 2. The molecule has 1 saturated heterocycles. The first-order valence-electron chi connectivity index (χ1n) is 10.9. The zero-order valence-electron chi connectivity index (χ0n) is 19.8. The second kappa shape index (κ2) is 10.4. The Balaban J connectivity index is 1.66. The third kappa shape index (κ3) is 5.60. The van der Waals surface area contributed by atoms with Gasteiger partial charge in [0, 0.05) is 33.7 Å². The van der Waals surface area contributed by atoms with Crippen LogP contribution in [0.25, 0.3) is 0 Å². The molecule has 2 aromatic rings. The fourth-order valence-corrected chi connectivity index (χ4v) is 6.49. The molecule has 0 aliphatic carbocycles. The standard InChI is InChI=1S/C23H31N3O6S2/c1-17-7-12-21(32-4)22(14-17)34(30,31)26-13-5-6-19(16-26)23(27)24-15-18-8-10-20(11-9-18)33(28,29)25(2)3/h7-12,14,19H,5-6,13,15-16H2,1-4H3,(H,24,27)/t19-/m1/s1. The van der Waals surface area contributed by atoms with E-state index in [2.05, 4.69) is 5.32 Å². The molecule has 1 amide bonds. The summed E-state index contributed by atoms with van der Waals surface area (Å²) < 4.78 is 58.7. The summed E-state index contributed by atoms with van der Waals surface area (Å²) in [4.78, 5) is 13.1. The van der Waals surface area contributed by atoms with Crippen molar-refractivity contribution in [1.82, 2.24) is 13.9 Å².